The van der Waals surface area contributed by atoms with Crippen LogP contribution < -0.4 is 15.5 Å². The second-order valence-corrected chi connectivity index (χ2v) is 9.36. The van der Waals surface area contributed by atoms with Gasteiger partial charge in [-0.1, -0.05) is 71.9 Å². The van der Waals surface area contributed by atoms with Crippen LogP contribution in [0.15, 0.2) is 84.0 Å². The van der Waals surface area contributed by atoms with Gasteiger partial charge in [-0.25, -0.2) is 4.68 Å². The number of hydrogen-bond acceptors (Lipinski definition) is 6. The molecule has 3 aromatic carbocycles. The summed E-state index contributed by atoms with van der Waals surface area (Å²) in [6.07, 6.45) is 0. The van der Waals surface area contributed by atoms with Crippen LogP contribution in [0, 0.1) is 13.8 Å². The molecule has 0 saturated heterocycles. The summed E-state index contributed by atoms with van der Waals surface area (Å²) >= 11 is 1.40. The maximum atomic E-state index is 13.4. The Labute approximate surface area is 202 Å². The van der Waals surface area contributed by atoms with E-state index in [4.69, 9.17) is 4.74 Å². The number of thioether (sulfide) groups is 1. The summed E-state index contributed by atoms with van der Waals surface area (Å²) in [7, 11) is 0. The Balaban J connectivity index is 1.42. The zero-order valence-corrected chi connectivity index (χ0v) is 19.8. The largest absolute Gasteiger partial charge is 0.486 e. The van der Waals surface area contributed by atoms with Crippen LogP contribution in [0.2, 0.25) is 0 Å². The topological polar surface area (TPSA) is 81.1 Å². The molecule has 1 aliphatic rings. The second-order valence-electron chi connectivity index (χ2n) is 8.25. The van der Waals surface area contributed by atoms with Crippen molar-refractivity contribution < 1.29 is 9.53 Å². The highest BCUT2D eigenvalue weighted by molar-refractivity contribution is 8.00. The summed E-state index contributed by atoms with van der Waals surface area (Å²) < 4.78 is 7.71. The van der Waals surface area contributed by atoms with Gasteiger partial charge in [0, 0.05) is 5.69 Å². The molecule has 172 valence electrons. The molecule has 0 saturated carbocycles. The first-order valence-electron chi connectivity index (χ1n) is 11.1. The summed E-state index contributed by atoms with van der Waals surface area (Å²) in [4.78, 5) is 13.4. The summed E-state index contributed by atoms with van der Waals surface area (Å²) in [5.74, 6) is 1.31. The number of carbonyl (C=O) groups excluding carboxylic acids is 1. The highest BCUT2D eigenvalue weighted by atomic mass is 32.2. The molecule has 2 atom stereocenters. The molecule has 8 heteroatoms. The average Bonchev–Trinajstić information content (AvgIpc) is 3.25. The van der Waals surface area contributed by atoms with Gasteiger partial charge in [0.15, 0.2) is 5.82 Å². The van der Waals surface area contributed by atoms with Gasteiger partial charge in [0.1, 0.15) is 17.6 Å². The summed E-state index contributed by atoms with van der Waals surface area (Å²) in [6, 6.07) is 25.3. The lowest BCUT2D eigenvalue weighted by molar-refractivity contribution is -0.116. The predicted octanol–water partition coefficient (Wildman–Crippen LogP) is 4.87. The Hall–Kier alpha value is -3.78. The van der Waals surface area contributed by atoms with Crippen molar-refractivity contribution in [3.05, 3.63) is 101 Å². The molecule has 0 aliphatic carbocycles. The molecule has 7 nitrogen and oxygen atoms in total. The van der Waals surface area contributed by atoms with Crippen molar-refractivity contribution in [3.63, 3.8) is 0 Å². The van der Waals surface area contributed by atoms with Crippen molar-refractivity contribution in [2.75, 3.05) is 10.7 Å². The Morgan fingerprint density at radius 3 is 2.56 bits per heavy atom. The highest BCUT2D eigenvalue weighted by Crippen LogP contribution is 2.37. The third kappa shape index (κ3) is 4.77. The van der Waals surface area contributed by atoms with Crippen LogP contribution in [0.25, 0.3) is 0 Å². The van der Waals surface area contributed by atoms with Crippen LogP contribution in [0.5, 0.6) is 5.75 Å². The molecule has 1 aliphatic heterocycles. The molecule has 0 radical (unpaired) electrons. The molecule has 0 fully saturated rings. The van der Waals surface area contributed by atoms with E-state index < -0.39 is 5.25 Å². The number of aryl methyl sites for hydroxylation is 2. The lowest BCUT2D eigenvalue weighted by Crippen LogP contribution is -2.41. The van der Waals surface area contributed by atoms with Gasteiger partial charge in [0.25, 0.3) is 0 Å². The standard InChI is InChI=1S/C26H25N5O2S/c1-17-11-13-19(14-12-17)23-24(25(32)27-20-8-6-7-18(2)15-20)34-26-29-28-22(31(26)30-23)16-33-21-9-4-3-5-10-21/h3-15,23-24,30H,16H2,1-2H3,(H,27,32)/t23-,24+/m0/s1. The number of aromatic nitrogens is 3. The molecule has 0 unspecified atom stereocenters. The Kier molecular flexibility index (Phi) is 6.22. The first-order chi connectivity index (χ1) is 16.6. The minimum absolute atomic E-state index is 0.0926. The van der Waals surface area contributed by atoms with E-state index in [1.54, 1.807) is 0 Å². The van der Waals surface area contributed by atoms with Gasteiger partial charge in [-0.05, 0) is 49.2 Å². The maximum absolute atomic E-state index is 13.4. The van der Waals surface area contributed by atoms with Crippen molar-refractivity contribution in [1.82, 2.24) is 14.9 Å². The minimum atomic E-state index is -0.442. The monoisotopic (exact) mass is 471 g/mol. The summed E-state index contributed by atoms with van der Waals surface area (Å²) in [5.41, 5.74) is 7.51. The molecular weight excluding hydrogens is 446 g/mol. The predicted molar refractivity (Wildman–Crippen MR) is 134 cm³/mol. The number of nitrogens with one attached hydrogen (secondary N) is 2. The van der Waals surface area contributed by atoms with Gasteiger partial charge in [-0.3, -0.25) is 4.79 Å². The zero-order valence-electron chi connectivity index (χ0n) is 18.9. The summed E-state index contributed by atoms with van der Waals surface area (Å²) in [5, 5.41) is 11.9. The number of fused-ring (bicyclic) bond motifs is 1. The van der Waals surface area contributed by atoms with E-state index in [2.05, 4.69) is 45.2 Å². The van der Waals surface area contributed by atoms with E-state index >= 15 is 0 Å². The quantitative estimate of drug-likeness (QED) is 0.418. The fourth-order valence-corrected chi connectivity index (χ4v) is 4.92. The molecule has 2 N–H and O–H groups in total. The minimum Gasteiger partial charge on any atom is -0.486 e. The molecule has 1 amide bonds. The first kappa shape index (κ1) is 22.0. The number of benzene rings is 3. The number of ether oxygens (including phenoxy) is 1. The van der Waals surface area contributed by atoms with E-state index in [0.29, 0.717) is 11.0 Å². The number of anilines is 1. The SMILES string of the molecule is Cc1ccc([C@@H]2Nn3c(COc4ccccc4)nnc3S[C@H]2C(=O)Nc2cccc(C)c2)cc1. The normalized spacial score (nSPS) is 16.9. The number of amides is 1. The van der Waals surface area contributed by atoms with Gasteiger partial charge in [-0.15, -0.1) is 10.2 Å². The summed E-state index contributed by atoms with van der Waals surface area (Å²) in [6.45, 7) is 4.31. The molecule has 1 aromatic heterocycles. The van der Waals surface area contributed by atoms with Crippen molar-refractivity contribution in [2.45, 2.75) is 36.9 Å². The number of hydrogen-bond donors (Lipinski definition) is 2. The third-order valence-corrected chi connectivity index (χ3v) is 6.81. The van der Waals surface area contributed by atoms with Gasteiger partial charge in [-0.2, -0.15) is 0 Å². The lowest BCUT2D eigenvalue weighted by atomic mass is 10.0. The Bertz CT molecular complexity index is 1290. The number of nitrogens with zero attached hydrogens (tertiary/aromatic N) is 3. The van der Waals surface area contributed by atoms with Crippen molar-refractivity contribution >= 4 is 23.4 Å². The van der Waals surface area contributed by atoms with E-state index in [1.807, 2.05) is 73.1 Å². The van der Waals surface area contributed by atoms with Crippen LogP contribution in [0.4, 0.5) is 5.69 Å². The Morgan fingerprint density at radius 2 is 1.79 bits per heavy atom. The first-order valence-corrected chi connectivity index (χ1v) is 11.9. The van der Waals surface area contributed by atoms with Gasteiger partial charge < -0.3 is 15.5 Å². The molecule has 4 aromatic rings. The van der Waals surface area contributed by atoms with Gasteiger partial charge in [0.2, 0.25) is 11.1 Å². The van der Waals surface area contributed by atoms with Crippen LogP contribution in [-0.2, 0) is 11.4 Å². The fraction of sp³-hybridized carbons (Fsp3) is 0.192. The number of para-hydroxylation sites is 1. The van der Waals surface area contributed by atoms with Crippen LogP contribution >= 0.6 is 11.8 Å². The number of rotatable bonds is 6. The van der Waals surface area contributed by atoms with Gasteiger partial charge in [0.05, 0.1) is 6.04 Å². The van der Waals surface area contributed by atoms with E-state index in [9.17, 15) is 4.79 Å². The fourth-order valence-electron chi connectivity index (χ4n) is 3.82. The van der Waals surface area contributed by atoms with Crippen LogP contribution in [0.3, 0.4) is 0 Å². The van der Waals surface area contributed by atoms with Crippen LogP contribution in [0.1, 0.15) is 28.6 Å². The molecule has 5 rings (SSSR count). The van der Waals surface area contributed by atoms with Crippen molar-refractivity contribution in [2.24, 2.45) is 0 Å². The number of carbonyl (C=O) groups is 1. The molecule has 0 spiro atoms. The van der Waals surface area contributed by atoms with E-state index in [1.165, 1.54) is 11.8 Å². The van der Waals surface area contributed by atoms with Crippen LogP contribution in [-0.4, -0.2) is 26.0 Å². The third-order valence-electron chi connectivity index (χ3n) is 5.60. The zero-order chi connectivity index (χ0) is 23.5. The molecule has 2 heterocycles. The molecular formula is C26H25N5O2S. The van der Waals surface area contributed by atoms with Gasteiger partial charge >= 0.3 is 0 Å². The molecule has 0 bridgehead atoms. The van der Waals surface area contributed by atoms with Crippen molar-refractivity contribution in [3.8, 4) is 5.75 Å². The van der Waals surface area contributed by atoms with Crippen molar-refractivity contribution in [1.29, 1.82) is 0 Å². The average molecular weight is 472 g/mol. The smallest absolute Gasteiger partial charge is 0.240 e. The second kappa shape index (κ2) is 9.61. The lowest BCUT2D eigenvalue weighted by Gasteiger charge is -2.33. The highest BCUT2D eigenvalue weighted by Gasteiger charge is 2.38. The Morgan fingerprint density at radius 1 is 1.00 bits per heavy atom. The van der Waals surface area contributed by atoms with E-state index in [-0.39, 0.29) is 18.6 Å². The maximum Gasteiger partial charge on any atom is 0.240 e. The molecule has 34 heavy (non-hydrogen) atoms. The van der Waals surface area contributed by atoms with E-state index in [0.717, 1.165) is 28.1 Å².